The largest absolute Gasteiger partial charge is 0.507 e. The molecule has 0 saturated carbocycles. The first-order valence-electron chi connectivity index (χ1n) is 8.85. The molecule has 6 heteroatoms. The quantitative estimate of drug-likeness (QED) is 0.373. The van der Waals surface area contributed by atoms with Crippen molar-refractivity contribution in [2.24, 2.45) is 0 Å². The zero-order valence-corrected chi connectivity index (χ0v) is 15.8. The summed E-state index contributed by atoms with van der Waals surface area (Å²) >= 11 is 5.91. The van der Waals surface area contributed by atoms with Gasteiger partial charge in [-0.1, -0.05) is 41.9 Å². The van der Waals surface area contributed by atoms with Crippen LogP contribution < -0.4 is 4.90 Å². The van der Waals surface area contributed by atoms with Gasteiger partial charge in [0.05, 0.1) is 11.6 Å². The monoisotopic (exact) mass is 407 g/mol. The number of ketones is 1. The molecular weight excluding hydrogens is 393 g/mol. The Morgan fingerprint density at radius 3 is 2.14 bits per heavy atom. The van der Waals surface area contributed by atoms with Crippen molar-refractivity contribution in [2.75, 3.05) is 4.90 Å². The van der Waals surface area contributed by atoms with Crippen molar-refractivity contribution < 1.29 is 19.1 Å². The third-order valence-corrected chi connectivity index (χ3v) is 5.03. The highest BCUT2D eigenvalue weighted by Crippen LogP contribution is 2.42. The van der Waals surface area contributed by atoms with Gasteiger partial charge in [-0.25, -0.2) is 4.39 Å². The van der Waals surface area contributed by atoms with Crippen molar-refractivity contribution in [1.29, 1.82) is 0 Å². The van der Waals surface area contributed by atoms with Crippen LogP contribution in [0.5, 0.6) is 0 Å². The number of carbonyl (C=O) groups excluding carboxylic acids is 2. The second-order valence-electron chi connectivity index (χ2n) is 6.56. The molecule has 1 heterocycles. The molecule has 1 atom stereocenters. The lowest BCUT2D eigenvalue weighted by molar-refractivity contribution is -0.132. The Bertz CT molecular complexity index is 1110. The summed E-state index contributed by atoms with van der Waals surface area (Å²) in [7, 11) is 0. The molecule has 144 valence electrons. The van der Waals surface area contributed by atoms with E-state index in [-0.39, 0.29) is 11.3 Å². The minimum absolute atomic E-state index is 0.0344. The number of amides is 1. The SMILES string of the molecule is O=C1C(=O)N(c2ccc(F)cc2)[C@H](c2ccccc2)/C1=C(\O)c1ccc(Cl)cc1. The molecule has 0 bridgehead atoms. The molecule has 3 aromatic rings. The first kappa shape index (κ1) is 18.9. The number of Topliss-reactive ketones (excluding diaryl/α,β-unsaturated/α-hetero) is 1. The fourth-order valence-electron chi connectivity index (χ4n) is 3.41. The second-order valence-corrected chi connectivity index (χ2v) is 7.00. The Morgan fingerprint density at radius 1 is 0.897 bits per heavy atom. The Hall–Kier alpha value is -3.44. The number of hydrogen-bond acceptors (Lipinski definition) is 3. The lowest BCUT2D eigenvalue weighted by Crippen LogP contribution is -2.29. The van der Waals surface area contributed by atoms with E-state index < -0.39 is 23.5 Å². The van der Waals surface area contributed by atoms with Gasteiger partial charge in [0.15, 0.2) is 0 Å². The van der Waals surface area contributed by atoms with Crippen LogP contribution >= 0.6 is 11.6 Å². The van der Waals surface area contributed by atoms with Gasteiger partial charge in [-0.2, -0.15) is 0 Å². The number of aliphatic hydroxyl groups is 1. The molecule has 1 amide bonds. The highest BCUT2D eigenvalue weighted by atomic mass is 35.5. The van der Waals surface area contributed by atoms with Gasteiger partial charge in [-0.05, 0) is 54.1 Å². The van der Waals surface area contributed by atoms with Crippen LogP contribution in [-0.2, 0) is 9.59 Å². The normalized spacial score (nSPS) is 18.3. The van der Waals surface area contributed by atoms with Gasteiger partial charge < -0.3 is 5.11 Å². The van der Waals surface area contributed by atoms with Crippen LogP contribution in [0.15, 0.2) is 84.4 Å². The molecule has 4 rings (SSSR count). The number of rotatable bonds is 3. The molecule has 0 aromatic heterocycles. The average molecular weight is 408 g/mol. The van der Waals surface area contributed by atoms with Gasteiger partial charge in [0, 0.05) is 16.3 Å². The van der Waals surface area contributed by atoms with Crippen molar-refractivity contribution in [2.45, 2.75) is 6.04 Å². The molecule has 4 nitrogen and oxygen atoms in total. The smallest absolute Gasteiger partial charge is 0.300 e. The van der Waals surface area contributed by atoms with Gasteiger partial charge in [0.25, 0.3) is 11.7 Å². The van der Waals surface area contributed by atoms with Crippen LogP contribution in [0.2, 0.25) is 5.02 Å². The lowest BCUT2D eigenvalue weighted by Gasteiger charge is -2.25. The van der Waals surface area contributed by atoms with Gasteiger partial charge in [-0.3, -0.25) is 14.5 Å². The van der Waals surface area contributed by atoms with Crippen LogP contribution in [0.1, 0.15) is 17.2 Å². The topological polar surface area (TPSA) is 57.6 Å². The molecule has 0 unspecified atom stereocenters. The molecule has 1 N–H and O–H groups in total. The van der Waals surface area contributed by atoms with E-state index in [9.17, 15) is 19.1 Å². The van der Waals surface area contributed by atoms with E-state index in [1.807, 2.05) is 6.07 Å². The predicted molar refractivity (Wildman–Crippen MR) is 109 cm³/mol. The van der Waals surface area contributed by atoms with Crippen LogP contribution in [0, 0.1) is 5.82 Å². The zero-order valence-electron chi connectivity index (χ0n) is 15.0. The molecule has 1 aliphatic rings. The van der Waals surface area contributed by atoms with Gasteiger partial charge in [0.2, 0.25) is 0 Å². The second kappa shape index (κ2) is 7.53. The average Bonchev–Trinajstić information content (AvgIpc) is 3.00. The predicted octanol–water partition coefficient (Wildman–Crippen LogP) is 5.11. The number of aliphatic hydroxyl groups excluding tert-OH is 1. The fraction of sp³-hybridized carbons (Fsp3) is 0.0435. The molecule has 1 fully saturated rings. The molecule has 29 heavy (non-hydrogen) atoms. The van der Waals surface area contributed by atoms with Crippen molar-refractivity contribution >= 4 is 34.7 Å². The minimum Gasteiger partial charge on any atom is -0.507 e. The highest BCUT2D eigenvalue weighted by molar-refractivity contribution is 6.51. The van der Waals surface area contributed by atoms with E-state index >= 15 is 0 Å². The van der Waals surface area contributed by atoms with E-state index in [1.54, 1.807) is 48.5 Å². The number of benzene rings is 3. The molecule has 0 radical (unpaired) electrons. The molecule has 3 aromatic carbocycles. The van der Waals surface area contributed by atoms with E-state index in [0.717, 1.165) is 0 Å². The third kappa shape index (κ3) is 3.41. The maximum absolute atomic E-state index is 13.4. The first-order chi connectivity index (χ1) is 14.0. The lowest BCUT2D eigenvalue weighted by atomic mass is 9.95. The van der Waals surface area contributed by atoms with Crippen LogP contribution in [0.3, 0.4) is 0 Å². The van der Waals surface area contributed by atoms with Crippen LogP contribution in [0.25, 0.3) is 5.76 Å². The maximum Gasteiger partial charge on any atom is 0.300 e. The Morgan fingerprint density at radius 2 is 1.52 bits per heavy atom. The van der Waals surface area contributed by atoms with Gasteiger partial charge in [0.1, 0.15) is 11.6 Å². The number of halogens is 2. The molecular formula is C23H15ClFNO3. The van der Waals surface area contributed by atoms with Crippen LogP contribution in [-0.4, -0.2) is 16.8 Å². The fourth-order valence-corrected chi connectivity index (χ4v) is 3.54. The summed E-state index contributed by atoms with van der Waals surface area (Å²) in [6, 6.07) is 19.7. The zero-order chi connectivity index (χ0) is 20.5. The summed E-state index contributed by atoms with van der Waals surface area (Å²) in [5, 5.41) is 11.4. The third-order valence-electron chi connectivity index (χ3n) is 4.78. The maximum atomic E-state index is 13.4. The summed E-state index contributed by atoms with van der Waals surface area (Å²) in [5.41, 5.74) is 1.34. The number of anilines is 1. The van der Waals surface area contributed by atoms with E-state index in [4.69, 9.17) is 11.6 Å². The molecule has 1 aliphatic heterocycles. The van der Waals surface area contributed by atoms with Gasteiger partial charge in [-0.15, -0.1) is 0 Å². The summed E-state index contributed by atoms with van der Waals surface area (Å²) < 4.78 is 13.4. The number of hydrogen-bond donors (Lipinski definition) is 1. The van der Waals surface area contributed by atoms with Gasteiger partial charge >= 0.3 is 0 Å². The summed E-state index contributed by atoms with van der Waals surface area (Å²) in [6.07, 6.45) is 0. The van der Waals surface area contributed by atoms with E-state index in [1.165, 1.54) is 29.2 Å². The Kier molecular flexibility index (Phi) is 4.91. The van der Waals surface area contributed by atoms with Crippen molar-refractivity contribution in [3.63, 3.8) is 0 Å². The number of nitrogens with zero attached hydrogens (tertiary/aromatic N) is 1. The summed E-state index contributed by atoms with van der Waals surface area (Å²) in [6.45, 7) is 0. The molecule has 0 spiro atoms. The first-order valence-corrected chi connectivity index (χ1v) is 9.22. The van der Waals surface area contributed by atoms with Crippen LogP contribution in [0.4, 0.5) is 10.1 Å². The van der Waals surface area contributed by atoms with Crippen molar-refractivity contribution in [1.82, 2.24) is 0 Å². The summed E-state index contributed by atoms with van der Waals surface area (Å²) in [5.74, 6) is -2.35. The van der Waals surface area contributed by atoms with E-state index in [2.05, 4.69) is 0 Å². The van der Waals surface area contributed by atoms with E-state index in [0.29, 0.717) is 21.8 Å². The van der Waals surface area contributed by atoms with Crippen molar-refractivity contribution in [3.8, 4) is 0 Å². The number of carbonyl (C=O) groups is 2. The summed E-state index contributed by atoms with van der Waals surface area (Å²) in [4.78, 5) is 27.1. The Labute approximate surface area is 171 Å². The van der Waals surface area contributed by atoms with Crippen molar-refractivity contribution in [3.05, 3.63) is 106 Å². The molecule has 1 saturated heterocycles. The highest BCUT2D eigenvalue weighted by Gasteiger charge is 2.46. The standard InChI is InChI=1S/C23H15ClFNO3/c24-16-8-6-15(7-9-16)21(27)19-20(14-4-2-1-3-5-14)26(23(29)22(19)28)18-12-10-17(25)11-13-18/h1-13,20,27H/b21-19+/t20-/m1/s1. The molecule has 0 aliphatic carbocycles. The minimum atomic E-state index is -0.850. The Balaban J connectivity index is 1.93.